The molecule has 8 heteroatoms. The fourth-order valence-corrected chi connectivity index (χ4v) is 1.08. The number of carbonyl (C=O) groups excluding carboxylic acids is 1. The van der Waals surface area contributed by atoms with Crippen molar-refractivity contribution >= 4 is 18.2 Å². The smallest absolute Gasteiger partial charge is 0.338 e. The zero-order chi connectivity index (χ0) is 13.0. The Balaban J connectivity index is 3.19. The number of carboxylic acid groups (broad SMARTS) is 1. The number of hydrazone groups is 1. The number of pyridine rings is 1. The van der Waals surface area contributed by atoms with Crippen LogP contribution in [0.1, 0.15) is 21.6 Å². The highest BCUT2D eigenvalue weighted by Gasteiger charge is 2.15. The van der Waals surface area contributed by atoms with E-state index < -0.39 is 12.0 Å². The molecular formula is C9H10N4O4. The van der Waals surface area contributed by atoms with E-state index in [4.69, 9.17) is 10.8 Å². The predicted octanol–water partition coefficient (Wildman–Crippen LogP) is -0.204. The summed E-state index contributed by atoms with van der Waals surface area (Å²) in [6.07, 6.45) is 2.07. The lowest BCUT2D eigenvalue weighted by atomic mass is 10.1. The number of carboxylic acids is 1. The van der Waals surface area contributed by atoms with Crippen LogP contribution in [0.15, 0.2) is 11.3 Å². The molecule has 0 fully saturated rings. The lowest BCUT2D eigenvalue weighted by Gasteiger charge is -2.05. The molecule has 0 aliphatic carbocycles. The first kappa shape index (κ1) is 12.4. The maximum absolute atomic E-state index is 10.9. The monoisotopic (exact) mass is 238 g/mol. The van der Waals surface area contributed by atoms with Crippen LogP contribution in [0.25, 0.3) is 0 Å². The Hall–Kier alpha value is -2.64. The van der Waals surface area contributed by atoms with Gasteiger partial charge in [-0.15, -0.1) is 0 Å². The number of rotatable bonds is 3. The molecule has 0 aliphatic rings. The number of aromatic hydroxyl groups is 1. The number of aromatic carboxylic acids is 1. The summed E-state index contributed by atoms with van der Waals surface area (Å²) in [4.78, 5) is 24.9. The van der Waals surface area contributed by atoms with Crippen LogP contribution in [0, 0.1) is 6.92 Å². The van der Waals surface area contributed by atoms with Crippen molar-refractivity contribution in [3.63, 3.8) is 0 Å². The molecule has 0 saturated heterocycles. The number of aromatic nitrogens is 1. The average Bonchev–Trinajstić information content (AvgIpc) is 2.23. The Morgan fingerprint density at radius 1 is 1.59 bits per heavy atom. The third-order valence-electron chi connectivity index (χ3n) is 1.87. The van der Waals surface area contributed by atoms with E-state index in [1.54, 1.807) is 0 Å². The van der Waals surface area contributed by atoms with Crippen LogP contribution < -0.4 is 11.2 Å². The van der Waals surface area contributed by atoms with Gasteiger partial charge in [0.25, 0.3) is 0 Å². The lowest BCUT2D eigenvalue weighted by molar-refractivity contribution is 0.0695. The van der Waals surface area contributed by atoms with Gasteiger partial charge in [0, 0.05) is 6.20 Å². The van der Waals surface area contributed by atoms with Gasteiger partial charge in [-0.2, -0.15) is 5.10 Å². The Labute approximate surface area is 95.8 Å². The van der Waals surface area contributed by atoms with Crippen molar-refractivity contribution in [1.29, 1.82) is 0 Å². The van der Waals surface area contributed by atoms with E-state index in [1.165, 1.54) is 6.92 Å². The van der Waals surface area contributed by atoms with Gasteiger partial charge in [0.05, 0.1) is 23.0 Å². The standard InChI is InChI=1S/C9H10N4O4/c1-4-7(14)5(3-12-13-9(10)17)6(2-11-4)8(15)16/h2-3,14H,1H3,(H,15,16)(H3,10,13,17)/b12-3+. The fourth-order valence-electron chi connectivity index (χ4n) is 1.08. The van der Waals surface area contributed by atoms with Crippen molar-refractivity contribution in [1.82, 2.24) is 10.4 Å². The highest BCUT2D eigenvalue weighted by Crippen LogP contribution is 2.21. The van der Waals surface area contributed by atoms with Gasteiger partial charge < -0.3 is 15.9 Å². The molecule has 0 unspecified atom stereocenters. The van der Waals surface area contributed by atoms with E-state index in [2.05, 4.69) is 10.1 Å². The molecule has 0 radical (unpaired) electrons. The number of amides is 2. The molecule has 8 nitrogen and oxygen atoms in total. The van der Waals surface area contributed by atoms with Crippen molar-refractivity contribution in [2.24, 2.45) is 10.8 Å². The van der Waals surface area contributed by atoms with E-state index in [1.807, 2.05) is 5.43 Å². The normalized spacial score (nSPS) is 10.4. The summed E-state index contributed by atoms with van der Waals surface area (Å²) in [5, 5.41) is 21.9. The molecule has 0 saturated carbocycles. The largest absolute Gasteiger partial charge is 0.505 e. The zero-order valence-electron chi connectivity index (χ0n) is 8.84. The minimum absolute atomic E-state index is 0.0567. The quantitative estimate of drug-likeness (QED) is 0.426. The molecule has 2 amide bonds. The highest BCUT2D eigenvalue weighted by molar-refractivity contribution is 6.00. The van der Waals surface area contributed by atoms with Crippen LogP contribution in [0.5, 0.6) is 5.75 Å². The SMILES string of the molecule is Cc1ncc(C(=O)O)c(/C=N/NC(N)=O)c1O. The molecule has 0 spiro atoms. The summed E-state index contributed by atoms with van der Waals surface area (Å²) >= 11 is 0. The number of carbonyl (C=O) groups is 2. The van der Waals surface area contributed by atoms with Crippen LogP contribution in [0.3, 0.4) is 0 Å². The molecule has 1 aromatic rings. The maximum atomic E-state index is 10.9. The van der Waals surface area contributed by atoms with Crippen molar-refractivity contribution in [2.75, 3.05) is 0 Å². The third kappa shape index (κ3) is 2.91. The summed E-state index contributed by atoms with van der Waals surface area (Å²) in [5.41, 5.74) is 6.61. The van der Waals surface area contributed by atoms with Crippen LogP contribution in [0.4, 0.5) is 4.79 Å². The summed E-state index contributed by atoms with van der Waals surface area (Å²) in [6, 6.07) is -0.900. The van der Waals surface area contributed by atoms with Gasteiger partial charge in [-0.1, -0.05) is 0 Å². The molecule has 1 rings (SSSR count). The Morgan fingerprint density at radius 2 is 2.24 bits per heavy atom. The second-order valence-corrected chi connectivity index (χ2v) is 3.06. The Kier molecular flexibility index (Phi) is 3.60. The average molecular weight is 238 g/mol. The van der Waals surface area contributed by atoms with Crippen molar-refractivity contribution < 1.29 is 19.8 Å². The molecule has 90 valence electrons. The summed E-state index contributed by atoms with van der Waals surface area (Å²) < 4.78 is 0. The van der Waals surface area contributed by atoms with Crippen LogP contribution in [0.2, 0.25) is 0 Å². The van der Waals surface area contributed by atoms with Gasteiger partial charge in [-0.25, -0.2) is 15.0 Å². The number of aryl methyl sites for hydroxylation is 1. The molecule has 17 heavy (non-hydrogen) atoms. The van der Waals surface area contributed by atoms with Gasteiger partial charge in [-0.3, -0.25) is 4.98 Å². The second kappa shape index (κ2) is 4.92. The topological polar surface area (TPSA) is 138 Å². The van der Waals surface area contributed by atoms with E-state index in [-0.39, 0.29) is 22.6 Å². The number of urea groups is 1. The number of hydrogen-bond acceptors (Lipinski definition) is 5. The van der Waals surface area contributed by atoms with Crippen molar-refractivity contribution in [3.05, 3.63) is 23.0 Å². The molecule has 0 aliphatic heterocycles. The summed E-state index contributed by atoms with van der Waals surface area (Å²) in [7, 11) is 0. The Morgan fingerprint density at radius 3 is 2.76 bits per heavy atom. The number of primary amides is 1. The molecule has 0 bridgehead atoms. The van der Waals surface area contributed by atoms with Crippen molar-refractivity contribution in [3.8, 4) is 5.75 Å². The van der Waals surface area contributed by atoms with Crippen molar-refractivity contribution in [2.45, 2.75) is 6.92 Å². The Bertz CT molecular complexity index is 498. The minimum atomic E-state index is -1.27. The predicted molar refractivity (Wildman–Crippen MR) is 57.9 cm³/mol. The molecular weight excluding hydrogens is 228 g/mol. The molecule has 1 heterocycles. The molecule has 0 aromatic carbocycles. The second-order valence-electron chi connectivity index (χ2n) is 3.06. The van der Waals surface area contributed by atoms with Gasteiger partial charge in [-0.05, 0) is 6.92 Å². The van der Waals surface area contributed by atoms with E-state index in [0.29, 0.717) is 0 Å². The zero-order valence-corrected chi connectivity index (χ0v) is 8.84. The van der Waals surface area contributed by atoms with Gasteiger partial charge in [0.1, 0.15) is 5.75 Å². The number of nitrogens with two attached hydrogens (primary N) is 1. The van der Waals surface area contributed by atoms with E-state index >= 15 is 0 Å². The summed E-state index contributed by atoms with van der Waals surface area (Å²) in [5.74, 6) is -1.59. The first-order valence-corrected chi connectivity index (χ1v) is 4.44. The highest BCUT2D eigenvalue weighted by atomic mass is 16.4. The van der Waals surface area contributed by atoms with Gasteiger partial charge in [0.15, 0.2) is 0 Å². The molecule has 1 aromatic heterocycles. The van der Waals surface area contributed by atoms with Gasteiger partial charge in [0.2, 0.25) is 0 Å². The summed E-state index contributed by atoms with van der Waals surface area (Å²) in [6.45, 7) is 1.50. The third-order valence-corrected chi connectivity index (χ3v) is 1.87. The van der Waals surface area contributed by atoms with Crippen LogP contribution >= 0.6 is 0 Å². The lowest BCUT2D eigenvalue weighted by Crippen LogP contribution is -2.24. The van der Waals surface area contributed by atoms with E-state index in [9.17, 15) is 14.7 Å². The maximum Gasteiger partial charge on any atom is 0.338 e. The van der Waals surface area contributed by atoms with Crippen LogP contribution in [-0.4, -0.2) is 33.4 Å². The molecule has 0 atom stereocenters. The number of nitrogens with one attached hydrogen (secondary N) is 1. The first-order chi connectivity index (χ1) is 7.93. The fraction of sp³-hybridized carbons (Fsp3) is 0.111. The molecule has 5 N–H and O–H groups in total. The minimum Gasteiger partial charge on any atom is -0.505 e. The van der Waals surface area contributed by atoms with Crippen LogP contribution in [-0.2, 0) is 0 Å². The van der Waals surface area contributed by atoms with Gasteiger partial charge >= 0.3 is 12.0 Å². The first-order valence-electron chi connectivity index (χ1n) is 4.44. The number of hydrogen-bond donors (Lipinski definition) is 4. The van der Waals surface area contributed by atoms with E-state index in [0.717, 1.165) is 12.4 Å². The number of nitrogens with zero attached hydrogens (tertiary/aromatic N) is 2.